The van der Waals surface area contributed by atoms with E-state index < -0.39 is 11.9 Å². The minimum atomic E-state index is -0.981. The lowest BCUT2D eigenvalue weighted by Gasteiger charge is -2.32. The fourth-order valence-corrected chi connectivity index (χ4v) is 3.99. The van der Waals surface area contributed by atoms with Gasteiger partial charge in [0.15, 0.2) is 0 Å². The molecule has 2 aromatic rings. The van der Waals surface area contributed by atoms with Gasteiger partial charge >= 0.3 is 11.9 Å². The van der Waals surface area contributed by atoms with Crippen LogP contribution in [0, 0.1) is 11.8 Å². The first-order valence-corrected chi connectivity index (χ1v) is 9.56. The van der Waals surface area contributed by atoms with E-state index in [1.54, 1.807) is 12.2 Å². The van der Waals surface area contributed by atoms with Gasteiger partial charge in [0.05, 0.1) is 0 Å². The molecule has 0 bridgehead atoms. The van der Waals surface area contributed by atoms with Crippen molar-refractivity contribution in [1.29, 1.82) is 0 Å². The van der Waals surface area contributed by atoms with Crippen LogP contribution in [0.25, 0.3) is 12.2 Å². The molecular weight excluding hydrogens is 352 g/mol. The Morgan fingerprint density at radius 2 is 1.04 bits per heavy atom. The summed E-state index contributed by atoms with van der Waals surface area (Å²) in [6.07, 6.45) is 6.53. The Hall–Kier alpha value is -3.14. The Bertz CT molecular complexity index is 806. The fraction of sp³-hybridized carbons (Fsp3) is 0.250. The van der Waals surface area contributed by atoms with E-state index in [2.05, 4.69) is 0 Å². The second kappa shape index (κ2) is 9.18. The van der Waals surface area contributed by atoms with Gasteiger partial charge in [-0.05, 0) is 48.0 Å². The lowest BCUT2D eigenvalue weighted by Crippen LogP contribution is -2.29. The summed E-state index contributed by atoms with van der Waals surface area (Å²) in [5, 5.41) is 19.8. The Labute approximate surface area is 164 Å². The maximum Gasteiger partial charge on any atom is 0.331 e. The van der Waals surface area contributed by atoms with Crippen LogP contribution in [0.15, 0.2) is 71.8 Å². The van der Waals surface area contributed by atoms with E-state index in [-0.39, 0.29) is 23.0 Å². The average Bonchev–Trinajstić information content (AvgIpc) is 2.71. The second-order valence-corrected chi connectivity index (χ2v) is 7.13. The molecule has 2 aromatic carbocycles. The first-order chi connectivity index (χ1) is 13.6. The van der Waals surface area contributed by atoms with Crippen molar-refractivity contribution in [1.82, 2.24) is 0 Å². The molecule has 0 radical (unpaired) electrons. The molecule has 0 aromatic heterocycles. The molecule has 1 saturated carbocycles. The normalized spacial score (nSPS) is 20.6. The lowest BCUT2D eigenvalue weighted by molar-refractivity contribution is -0.135. The first-order valence-electron chi connectivity index (χ1n) is 9.56. The predicted octanol–water partition coefficient (Wildman–Crippen LogP) is 5.13. The predicted molar refractivity (Wildman–Crippen MR) is 110 cm³/mol. The quantitative estimate of drug-likeness (QED) is 0.686. The van der Waals surface area contributed by atoms with E-state index in [0.717, 1.165) is 24.0 Å². The molecule has 144 valence electrons. The summed E-state index contributed by atoms with van der Waals surface area (Å²) in [7, 11) is 0. The van der Waals surface area contributed by atoms with Crippen molar-refractivity contribution in [2.75, 3.05) is 0 Å². The third-order valence-corrected chi connectivity index (χ3v) is 5.30. The van der Waals surface area contributed by atoms with Crippen LogP contribution in [-0.4, -0.2) is 22.2 Å². The maximum absolute atomic E-state index is 12.1. The molecule has 2 N–H and O–H groups in total. The van der Waals surface area contributed by atoms with Gasteiger partial charge in [-0.2, -0.15) is 0 Å². The molecule has 0 amide bonds. The highest BCUT2D eigenvalue weighted by atomic mass is 16.4. The van der Waals surface area contributed by atoms with E-state index in [1.165, 1.54) is 0 Å². The minimum Gasteiger partial charge on any atom is -0.478 e. The molecule has 4 heteroatoms. The molecule has 0 heterocycles. The number of hydrogen-bond acceptors (Lipinski definition) is 2. The van der Waals surface area contributed by atoms with Gasteiger partial charge in [0, 0.05) is 11.1 Å². The maximum atomic E-state index is 12.1. The molecule has 0 saturated heterocycles. The number of aliphatic carboxylic acids is 2. The fourth-order valence-electron chi connectivity index (χ4n) is 3.99. The number of benzene rings is 2. The van der Waals surface area contributed by atoms with Crippen molar-refractivity contribution in [3.63, 3.8) is 0 Å². The molecular formula is C24H24O4. The summed E-state index contributed by atoms with van der Waals surface area (Å²) in [4.78, 5) is 24.1. The van der Waals surface area contributed by atoms with Crippen LogP contribution in [0.5, 0.6) is 0 Å². The number of carboxylic acid groups (broad SMARTS) is 2. The van der Waals surface area contributed by atoms with Gasteiger partial charge in [-0.3, -0.25) is 0 Å². The number of carboxylic acids is 2. The Balaban J connectivity index is 2.02. The third kappa shape index (κ3) is 4.77. The van der Waals surface area contributed by atoms with E-state index in [9.17, 15) is 19.8 Å². The van der Waals surface area contributed by atoms with Gasteiger partial charge < -0.3 is 10.2 Å². The molecule has 4 nitrogen and oxygen atoms in total. The highest BCUT2D eigenvalue weighted by Gasteiger charge is 2.35. The van der Waals surface area contributed by atoms with Gasteiger partial charge in [-0.15, -0.1) is 0 Å². The van der Waals surface area contributed by atoms with Gasteiger partial charge in [-0.25, -0.2) is 9.59 Å². The molecule has 0 aliphatic heterocycles. The summed E-state index contributed by atoms with van der Waals surface area (Å²) in [5.41, 5.74) is 2.20. The molecule has 1 aliphatic carbocycles. The summed E-state index contributed by atoms with van der Waals surface area (Å²) in [6, 6.07) is 18.7. The van der Waals surface area contributed by atoms with Crippen LogP contribution in [0.1, 0.15) is 36.8 Å². The van der Waals surface area contributed by atoms with Crippen LogP contribution in [0.2, 0.25) is 0 Å². The van der Waals surface area contributed by atoms with Gasteiger partial charge in [0.25, 0.3) is 0 Å². The smallest absolute Gasteiger partial charge is 0.331 e. The lowest BCUT2D eigenvalue weighted by atomic mass is 9.71. The highest BCUT2D eigenvalue weighted by Crippen LogP contribution is 2.40. The topological polar surface area (TPSA) is 74.6 Å². The number of rotatable bonds is 6. The van der Waals surface area contributed by atoms with Crippen molar-refractivity contribution in [2.45, 2.75) is 25.7 Å². The Morgan fingerprint density at radius 1 is 0.679 bits per heavy atom. The van der Waals surface area contributed by atoms with Gasteiger partial charge in [-0.1, -0.05) is 73.5 Å². The standard InChI is InChI=1S/C24H24O4/c25-23(26)21(15-17-9-3-1-4-10-17)19-13-7-8-14-20(19)22(24(27)28)16-18-11-5-2-6-12-18/h1-6,9-12,15-16,19-20H,7-8,13-14H2,(H,25,26)(H,27,28)/t19-,20-/m0/s1. The van der Waals surface area contributed by atoms with E-state index in [0.29, 0.717) is 12.8 Å². The molecule has 0 unspecified atom stereocenters. The first kappa shape index (κ1) is 19.6. The van der Waals surface area contributed by atoms with Crippen LogP contribution in [0.3, 0.4) is 0 Å². The van der Waals surface area contributed by atoms with Crippen molar-refractivity contribution >= 4 is 24.1 Å². The summed E-state index contributed by atoms with van der Waals surface area (Å²) in [6.45, 7) is 0. The summed E-state index contributed by atoms with van der Waals surface area (Å²) in [5.74, 6) is -2.61. The molecule has 28 heavy (non-hydrogen) atoms. The second-order valence-electron chi connectivity index (χ2n) is 7.13. The van der Waals surface area contributed by atoms with Crippen molar-refractivity contribution in [3.8, 4) is 0 Å². The van der Waals surface area contributed by atoms with Gasteiger partial charge in [0.1, 0.15) is 0 Å². The van der Waals surface area contributed by atoms with Crippen LogP contribution < -0.4 is 0 Å². The molecule has 0 spiro atoms. The van der Waals surface area contributed by atoms with Crippen molar-refractivity contribution in [2.24, 2.45) is 11.8 Å². The summed E-state index contributed by atoms with van der Waals surface area (Å²) < 4.78 is 0. The monoisotopic (exact) mass is 376 g/mol. The zero-order valence-electron chi connectivity index (χ0n) is 15.6. The molecule has 1 aliphatic rings. The van der Waals surface area contributed by atoms with Crippen molar-refractivity contribution in [3.05, 3.63) is 82.9 Å². The largest absolute Gasteiger partial charge is 0.478 e. The third-order valence-electron chi connectivity index (χ3n) is 5.30. The minimum absolute atomic E-state index is 0.288. The molecule has 3 rings (SSSR count). The SMILES string of the molecule is O=C(O)C(=Cc1ccccc1)[C@H]1CCCC[C@@H]1C(=Cc1ccccc1)C(=O)O. The van der Waals surface area contributed by atoms with E-state index in [1.807, 2.05) is 60.7 Å². The average molecular weight is 376 g/mol. The molecule has 2 atom stereocenters. The zero-order chi connectivity index (χ0) is 19.9. The molecule has 1 fully saturated rings. The highest BCUT2D eigenvalue weighted by molar-refractivity contribution is 5.95. The van der Waals surface area contributed by atoms with Gasteiger partial charge in [0.2, 0.25) is 0 Å². The van der Waals surface area contributed by atoms with Crippen LogP contribution >= 0.6 is 0 Å². The number of carbonyl (C=O) groups is 2. The van der Waals surface area contributed by atoms with E-state index >= 15 is 0 Å². The van der Waals surface area contributed by atoms with Crippen LogP contribution in [-0.2, 0) is 9.59 Å². The number of hydrogen-bond donors (Lipinski definition) is 2. The van der Waals surface area contributed by atoms with Crippen molar-refractivity contribution < 1.29 is 19.8 Å². The Morgan fingerprint density at radius 3 is 1.36 bits per heavy atom. The van der Waals surface area contributed by atoms with Crippen LogP contribution in [0.4, 0.5) is 0 Å². The Kier molecular flexibility index (Phi) is 6.43. The zero-order valence-corrected chi connectivity index (χ0v) is 15.6. The van der Waals surface area contributed by atoms with E-state index in [4.69, 9.17) is 0 Å². The summed E-state index contributed by atoms with van der Waals surface area (Å²) >= 11 is 0.